The molecule has 0 saturated carbocycles. The van der Waals surface area contributed by atoms with Crippen LogP contribution in [0.25, 0.3) is 0 Å². The van der Waals surface area contributed by atoms with Crippen molar-refractivity contribution in [3.63, 3.8) is 0 Å². The summed E-state index contributed by atoms with van der Waals surface area (Å²) in [4.78, 5) is 14.8. The fourth-order valence-electron chi connectivity index (χ4n) is 0.955. The Bertz CT molecular complexity index is 294. The van der Waals surface area contributed by atoms with Gasteiger partial charge in [-0.25, -0.2) is 0 Å². The zero-order valence-electron chi connectivity index (χ0n) is 7.74. The lowest BCUT2D eigenvalue weighted by molar-refractivity contribution is 0.1000. The van der Waals surface area contributed by atoms with Crippen molar-refractivity contribution in [1.82, 2.24) is 10.3 Å². The summed E-state index contributed by atoms with van der Waals surface area (Å²) >= 11 is 0. The highest BCUT2D eigenvalue weighted by atomic mass is 16.1. The Hall–Kier alpha value is -1.42. The topological polar surface area (TPSA) is 68.0 Å². The Labute approximate surface area is 77.2 Å². The molecule has 1 amide bonds. The second kappa shape index (κ2) is 4.00. The van der Waals surface area contributed by atoms with Crippen LogP contribution in [-0.4, -0.2) is 17.9 Å². The van der Waals surface area contributed by atoms with Crippen LogP contribution in [-0.2, 0) is 0 Å². The number of hydrogen-bond acceptors (Lipinski definition) is 3. The van der Waals surface area contributed by atoms with Crippen molar-refractivity contribution < 1.29 is 4.79 Å². The molecule has 1 unspecified atom stereocenters. The lowest BCUT2D eigenvalue weighted by Crippen LogP contribution is -2.15. The zero-order valence-corrected chi connectivity index (χ0v) is 7.74. The number of nitrogens with zero attached hydrogens (tertiary/aromatic N) is 1. The minimum absolute atomic E-state index is 0.182. The van der Waals surface area contributed by atoms with Crippen LogP contribution in [0.1, 0.15) is 29.0 Å². The maximum Gasteiger partial charge on any atom is 0.250 e. The van der Waals surface area contributed by atoms with Gasteiger partial charge in [0.15, 0.2) is 0 Å². The normalized spacial score (nSPS) is 12.5. The van der Waals surface area contributed by atoms with Crippen molar-refractivity contribution in [3.8, 4) is 0 Å². The Kier molecular flexibility index (Phi) is 2.97. The highest BCUT2D eigenvalue weighted by Crippen LogP contribution is 2.08. The van der Waals surface area contributed by atoms with Crippen LogP contribution in [0.4, 0.5) is 0 Å². The predicted octanol–water partition coefficient (Wildman–Crippen LogP) is 0.461. The molecule has 0 aliphatic carbocycles. The van der Waals surface area contributed by atoms with Crippen molar-refractivity contribution in [2.24, 2.45) is 5.73 Å². The van der Waals surface area contributed by atoms with Crippen LogP contribution in [0, 0.1) is 0 Å². The monoisotopic (exact) mass is 179 g/mol. The molecule has 1 aromatic rings. The summed E-state index contributed by atoms with van der Waals surface area (Å²) in [7, 11) is 1.86. The smallest absolute Gasteiger partial charge is 0.250 e. The Morgan fingerprint density at radius 1 is 1.62 bits per heavy atom. The van der Waals surface area contributed by atoms with Gasteiger partial charge in [-0.1, -0.05) is 0 Å². The van der Waals surface area contributed by atoms with Crippen LogP contribution in [0.15, 0.2) is 18.3 Å². The molecule has 1 aromatic heterocycles. The maximum absolute atomic E-state index is 10.7. The summed E-state index contributed by atoms with van der Waals surface area (Å²) in [5, 5.41) is 3.05. The van der Waals surface area contributed by atoms with Crippen molar-refractivity contribution >= 4 is 5.91 Å². The first-order valence-electron chi connectivity index (χ1n) is 4.08. The summed E-state index contributed by atoms with van der Waals surface area (Å²) in [6.45, 7) is 1.99. The first kappa shape index (κ1) is 9.67. The molecule has 0 aliphatic heterocycles. The summed E-state index contributed by atoms with van der Waals surface area (Å²) in [6.07, 6.45) is 1.49. The molecule has 70 valence electrons. The lowest BCUT2D eigenvalue weighted by atomic mass is 10.2. The van der Waals surface area contributed by atoms with E-state index in [0.29, 0.717) is 5.56 Å². The number of nitrogens with one attached hydrogen (secondary N) is 1. The van der Waals surface area contributed by atoms with Gasteiger partial charge in [-0.3, -0.25) is 9.78 Å². The molecule has 0 saturated heterocycles. The van der Waals surface area contributed by atoms with Crippen molar-refractivity contribution in [2.45, 2.75) is 13.0 Å². The van der Waals surface area contributed by atoms with E-state index in [9.17, 15) is 4.79 Å². The minimum Gasteiger partial charge on any atom is -0.366 e. The molecular weight excluding hydrogens is 166 g/mol. The third-order valence-corrected chi connectivity index (χ3v) is 1.95. The maximum atomic E-state index is 10.7. The van der Waals surface area contributed by atoms with Crippen LogP contribution in [0.2, 0.25) is 0 Å². The standard InChI is InChI=1S/C9H13N3O/c1-6(11-2)8-4-3-7(5-12-8)9(10)13/h3-6,11H,1-2H3,(H2,10,13). The Balaban J connectivity index is 2.87. The molecule has 4 heteroatoms. The molecule has 4 nitrogen and oxygen atoms in total. The molecule has 0 spiro atoms. The van der Waals surface area contributed by atoms with E-state index in [2.05, 4.69) is 10.3 Å². The van der Waals surface area contributed by atoms with Crippen LogP contribution >= 0.6 is 0 Å². The number of pyridine rings is 1. The Morgan fingerprint density at radius 2 is 2.31 bits per heavy atom. The molecule has 0 fully saturated rings. The van der Waals surface area contributed by atoms with Gasteiger partial charge in [0.1, 0.15) is 0 Å². The molecule has 0 radical (unpaired) electrons. The van der Waals surface area contributed by atoms with E-state index in [1.54, 1.807) is 12.1 Å². The SMILES string of the molecule is CNC(C)c1ccc(C(N)=O)cn1. The average molecular weight is 179 g/mol. The zero-order chi connectivity index (χ0) is 9.84. The fourth-order valence-corrected chi connectivity index (χ4v) is 0.955. The van der Waals surface area contributed by atoms with E-state index < -0.39 is 5.91 Å². The van der Waals surface area contributed by atoms with Gasteiger partial charge in [-0.2, -0.15) is 0 Å². The van der Waals surface area contributed by atoms with Crippen molar-refractivity contribution in [2.75, 3.05) is 7.05 Å². The summed E-state index contributed by atoms with van der Waals surface area (Å²) < 4.78 is 0. The number of primary amides is 1. The van der Waals surface area contributed by atoms with E-state index in [1.807, 2.05) is 14.0 Å². The van der Waals surface area contributed by atoms with E-state index in [0.717, 1.165) is 5.69 Å². The summed E-state index contributed by atoms with van der Waals surface area (Å²) in [5.74, 6) is -0.448. The molecule has 3 N–H and O–H groups in total. The quantitative estimate of drug-likeness (QED) is 0.708. The lowest BCUT2D eigenvalue weighted by Gasteiger charge is -2.08. The van der Waals surface area contributed by atoms with E-state index >= 15 is 0 Å². The largest absolute Gasteiger partial charge is 0.366 e. The number of carbonyl (C=O) groups is 1. The number of rotatable bonds is 3. The Morgan fingerprint density at radius 3 is 2.69 bits per heavy atom. The third kappa shape index (κ3) is 2.26. The van der Waals surface area contributed by atoms with Crippen LogP contribution in [0.5, 0.6) is 0 Å². The molecule has 1 rings (SSSR count). The van der Waals surface area contributed by atoms with Gasteiger partial charge in [-0.15, -0.1) is 0 Å². The predicted molar refractivity (Wildman–Crippen MR) is 50.2 cm³/mol. The van der Waals surface area contributed by atoms with Gasteiger partial charge in [-0.05, 0) is 26.1 Å². The van der Waals surface area contributed by atoms with Gasteiger partial charge < -0.3 is 11.1 Å². The fraction of sp³-hybridized carbons (Fsp3) is 0.333. The molecule has 1 atom stereocenters. The molecule has 13 heavy (non-hydrogen) atoms. The number of amides is 1. The summed E-state index contributed by atoms with van der Waals surface area (Å²) in [5.41, 5.74) is 6.41. The van der Waals surface area contributed by atoms with Gasteiger partial charge in [0, 0.05) is 12.2 Å². The number of carbonyl (C=O) groups excluding carboxylic acids is 1. The molecule has 0 aliphatic rings. The number of nitrogens with two attached hydrogens (primary N) is 1. The van der Waals surface area contributed by atoms with E-state index in [4.69, 9.17) is 5.73 Å². The van der Waals surface area contributed by atoms with Crippen molar-refractivity contribution in [1.29, 1.82) is 0 Å². The second-order valence-electron chi connectivity index (χ2n) is 2.85. The first-order valence-corrected chi connectivity index (χ1v) is 4.08. The van der Waals surface area contributed by atoms with E-state index in [1.165, 1.54) is 6.20 Å². The van der Waals surface area contributed by atoms with Gasteiger partial charge in [0.05, 0.1) is 11.3 Å². The third-order valence-electron chi connectivity index (χ3n) is 1.95. The highest BCUT2D eigenvalue weighted by molar-refractivity contribution is 5.92. The van der Waals surface area contributed by atoms with Crippen LogP contribution in [0.3, 0.4) is 0 Å². The number of aromatic nitrogens is 1. The van der Waals surface area contributed by atoms with Gasteiger partial charge >= 0.3 is 0 Å². The van der Waals surface area contributed by atoms with Gasteiger partial charge in [0.25, 0.3) is 0 Å². The molecule has 0 bridgehead atoms. The second-order valence-corrected chi connectivity index (χ2v) is 2.85. The first-order chi connectivity index (χ1) is 6.15. The van der Waals surface area contributed by atoms with Crippen LogP contribution < -0.4 is 11.1 Å². The molecular formula is C9H13N3O. The van der Waals surface area contributed by atoms with E-state index in [-0.39, 0.29) is 6.04 Å². The highest BCUT2D eigenvalue weighted by Gasteiger charge is 2.05. The van der Waals surface area contributed by atoms with Crippen molar-refractivity contribution in [3.05, 3.63) is 29.6 Å². The average Bonchev–Trinajstić information content (AvgIpc) is 2.17. The molecule has 1 heterocycles. The minimum atomic E-state index is -0.448. The summed E-state index contributed by atoms with van der Waals surface area (Å²) in [6, 6.07) is 3.65. The number of hydrogen-bond donors (Lipinski definition) is 2. The molecule has 0 aromatic carbocycles. The van der Waals surface area contributed by atoms with Gasteiger partial charge in [0.2, 0.25) is 5.91 Å².